The molecule has 1 aliphatic heterocycles. The van der Waals surface area contributed by atoms with Crippen molar-refractivity contribution in [3.05, 3.63) is 17.5 Å². The molecule has 5 heteroatoms. The lowest BCUT2D eigenvalue weighted by atomic mass is 10.2. The Labute approximate surface area is 95.4 Å². The van der Waals surface area contributed by atoms with Crippen LogP contribution in [0.3, 0.4) is 0 Å². The zero-order chi connectivity index (χ0) is 11.5. The standard InChI is InChI=1S/C11H18N4O/c1-14(2)11(16)7-9-6-10-8-12-4-3-5-15(10)13-9/h6,12H,3-5,7-8H2,1-2H3. The second-order valence-electron chi connectivity index (χ2n) is 4.35. The Morgan fingerprint density at radius 1 is 1.62 bits per heavy atom. The van der Waals surface area contributed by atoms with Gasteiger partial charge in [0.15, 0.2) is 0 Å². The minimum Gasteiger partial charge on any atom is -0.348 e. The van der Waals surface area contributed by atoms with Gasteiger partial charge in [0.25, 0.3) is 0 Å². The lowest BCUT2D eigenvalue weighted by molar-refractivity contribution is -0.128. The summed E-state index contributed by atoms with van der Waals surface area (Å²) in [6.07, 6.45) is 1.49. The Hall–Kier alpha value is -1.36. The molecule has 16 heavy (non-hydrogen) atoms. The molecule has 88 valence electrons. The first-order chi connectivity index (χ1) is 7.66. The van der Waals surface area contributed by atoms with Crippen molar-refractivity contribution in [3.8, 4) is 0 Å². The van der Waals surface area contributed by atoms with E-state index in [0.717, 1.165) is 31.7 Å². The molecule has 0 fully saturated rings. The van der Waals surface area contributed by atoms with Gasteiger partial charge in [0.1, 0.15) is 0 Å². The van der Waals surface area contributed by atoms with Crippen LogP contribution in [0.4, 0.5) is 0 Å². The number of rotatable bonds is 2. The van der Waals surface area contributed by atoms with Crippen LogP contribution in [0.25, 0.3) is 0 Å². The summed E-state index contributed by atoms with van der Waals surface area (Å²) in [6, 6.07) is 2.03. The summed E-state index contributed by atoms with van der Waals surface area (Å²) in [4.78, 5) is 13.2. The minimum absolute atomic E-state index is 0.0984. The Morgan fingerprint density at radius 3 is 3.19 bits per heavy atom. The zero-order valence-electron chi connectivity index (χ0n) is 9.86. The van der Waals surface area contributed by atoms with Crippen LogP contribution in [-0.4, -0.2) is 41.2 Å². The van der Waals surface area contributed by atoms with Gasteiger partial charge in [-0.25, -0.2) is 0 Å². The molecular formula is C11H18N4O. The molecule has 0 aromatic carbocycles. The van der Waals surface area contributed by atoms with Gasteiger partial charge in [-0.3, -0.25) is 9.48 Å². The quantitative estimate of drug-likeness (QED) is 0.766. The highest BCUT2D eigenvalue weighted by Crippen LogP contribution is 2.09. The van der Waals surface area contributed by atoms with Crippen molar-refractivity contribution in [1.29, 1.82) is 0 Å². The average Bonchev–Trinajstić information content (AvgIpc) is 2.48. The molecule has 1 N–H and O–H groups in total. The average molecular weight is 222 g/mol. The number of fused-ring (bicyclic) bond motifs is 1. The minimum atomic E-state index is 0.0984. The van der Waals surface area contributed by atoms with Crippen molar-refractivity contribution in [1.82, 2.24) is 20.0 Å². The molecule has 1 aromatic rings. The lowest BCUT2D eigenvalue weighted by Crippen LogP contribution is -2.23. The van der Waals surface area contributed by atoms with Crippen molar-refractivity contribution >= 4 is 5.91 Å². The van der Waals surface area contributed by atoms with Crippen molar-refractivity contribution < 1.29 is 4.79 Å². The second-order valence-corrected chi connectivity index (χ2v) is 4.35. The van der Waals surface area contributed by atoms with Crippen molar-refractivity contribution in [2.24, 2.45) is 0 Å². The van der Waals surface area contributed by atoms with E-state index in [4.69, 9.17) is 0 Å². The largest absolute Gasteiger partial charge is 0.348 e. The molecular weight excluding hydrogens is 204 g/mol. The molecule has 1 amide bonds. The van der Waals surface area contributed by atoms with E-state index in [0.29, 0.717) is 6.42 Å². The summed E-state index contributed by atoms with van der Waals surface area (Å²) in [5.41, 5.74) is 2.05. The third-order valence-corrected chi connectivity index (χ3v) is 2.77. The molecule has 0 atom stereocenters. The van der Waals surface area contributed by atoms with Gasteiger partial charge >= 0.3 is 0 Å². The van der Waals surface area contributed by atoms with Crippen LogP contribution in [0.15, 0.2) is 6.07 Å². The number of carbonyl (C=O) groups is 1. The van der Waals surface area contributed by atoms with Gasteiger partial charge in [-0.2, -0.15) is 5.10 Å². The van der Waals surface area contributed by atoms with E-state index in [1.54, 1.807) is 19.0 Å². The first-order valence-corrected chi connectivity index (χ1v) is 5.63. The molecule has 1 aromatic heterocycles. The smallest absolute Gasteiger partial charge is 0.228 e. The molecule has 0 unspecified atom stereocenters. The number of hydrogen-bond donors (Lipinski definition) is 1. The number of hydrogen-bond acceptors (Lipinski definition) is 3. The maximum Gasteiger partial charge on any atom is 0.228 e. The van der Waals surface area contributed by atoms with Crippen molar-refractivity contribution in [2.75, 3.05) is 20.6 Å². The number of aromatic nitrogens is 2. The van der Waals surface area contributed by atoms with Crippen LogP contribution in [-0.2, 0) is 24.3 Å². The van der Waals surface area contributed by atoms with E-state index in [1.165, 1.54) is 5.69 Å². The molecule has 2 heterocycles. The van der Waals surface area contributed by atoms with Crippen molar-refractivity contribution in [3.63, 3.8) is 0 Å². The fraction of sp³-hybridized carbons (Fsp3) is 0.636. The normalized spacial score (nSPS) is 15.4. The predicted molar refractivity (Wildman–Crippen MR) is 60.9 cm³/mol. The van der Waals surface area contributed by atoms with Gasteiger partial charge in [0.2, 0.25) is 5.91 Å². The zero-order valence-corrected chi connectivity index (χ0v) is 9.86. The Morgan fingerprint density at radius 2 is 2.44 bits per heavy atom. The Balaban J connectivity index is 2.09. The summed E-state index contributed by atoms with van der Waals surface area (Å²) < 4.78 is 2.01. The number of carbonyl (C=O) groups excluding carboxylic acids is 1. The van der Waals surface area contributed by atoms with E-state index >= 15 is 0 Å². The van der Waals surface area contributed by atoms with Gasteiger partial charge in [0, 0.05) is 27.2 Å². The first kappa shape index (κ1) is 11.1. The van der Waals surface area contributed by atoms with E-state index < -0.39 is 0 Å². The van der Waals surface area contributed by atoms with E-state index in [2.05, 4.69) is 10.4 Å². The van der Waals surface area contributed by atoms with E-state index in [1.807, 2.05) is 10.7 Å². The fourth-order valence-electron chi connectivity index (χ4n) is 1.82. The number of nitrogens with zero attached hydrogens (tertiary/aromatic N) is 3. The maximum atomic E-state index is 11.6. The highest BCUT2D eigenvalue weighted by molar-refractivity contribution is 5.77. The summed E-state index contributed by atoms with van der Waals surface area (Å²) in [6.45, 7) is 2.83. The van der Waals surface area contributed by atoms with Gasteiger partial charge in [0.05, 0.1) is 17.8 Å². The molecule has 5 nitrogen and oxygen atoms in total. The summed E-state index contributed by atoms with van der Waals surface area (Å²) in [5.74, 6) is 0.0984. The number of amides is 1. The van der Waals surface area contributed by atoms with Crippen molar-refractivity contribution in [2.45, 2.75) is 25.9 Å². The van der Waals surface area contributed by atoms with E-state index in [-0.39, 0.29) is 5.91 Å². The SMILES string of the molecule is CN(C)C(=O)Cc1cc2n(n1)CCCNC2. The third kappa shape index (κ3) is 2.41. The molecule has 0 bridgehead atoms. The molecule has 0 saturated heterocycles. The molecule has 0 spiro atoms. The third-order valence-electron chi connectivity index (χ3n) is 2.77. The maximum absolute atomic E-state index is 11.6. The summed E-state index contributed by atoms with van der Waals surface area (Å²) in [7, 11) is 3.54. The van der Waals surface area contributed by atoms with Crippen LogP contribution in [0.5, 0.6) is 0 Å². The topological polar surface area (TPSA) is 50.2 Å². The van der Waals surface area contributed by atoms with Crippen LogP contribution < -0.4 is 5.32 Å². The molecule has 0 radical (unpaired) electrons. The molecule has 2 rings (SSSR count). The van der Waals surface area contributed by atoms with Gasteiger partial charge in [-0.15, -0.1) is 0 Å². The lowest BCUT2D eigenvalue weighted by Gasteiger charge is -2.08. The number of aryl methyl sites for hydroxylation is 1. The Kier molecular flexibility index (Phi) is 3.24. The molecule has 0 saturated carbocycles. The predicted octanol–water partition coefficient (Wildman–Crippen LogP) is 0.00710. The molecule has 0 aliphatic carbocycles. The van der Waals surface area contributed by atoms with Crippen LogP contribution in [0, 0.1) is 0 Å². The highest BCUT2D eigenvalue weighted by atomic mass is 16.2. The van der Waals surface area contributed by atoms with Gasteiger partial charge in [-0.1, -0.05) is 0 Å². The second kappa shape index (κ2) is 4.65. The van der Waals surface area contributed by atoms with Crippen LogP contribution in [0.2, 0.25) is 0 Å². The van der Waals surface area contributed by atoms with E-state index in [9.17, 15) is 4.79 Å². The summed E-state index contributed by atoms with van der Waals surface area (Å²) in [5, 5.41) is 7.80. The Bertz CT molecular complexity index is 360. The van der Waals surface area contributed by atoms with Gasteiger partial charge < -0.3 is 10.2 Å². The van der Waals surface area contributed by atoms with Crippen LogP contribution >= 0.6 is 0 Å². The monoisotopic (exact) mass is 222 g/mol. The number of likely N-dealkylation sites (N-methyl/N-ethyl adjacent to an activating group) is 1. The fourth-order valence-corrected chi connectivity index (χ4v) is 1.82. The summed E-state index contributed by atoms with van der Waals surface area (Å²) >= 11 is 0. The first-order valence-electron chi connectivity index (χ1n) is 5.63. The molecule has 1 aliphatic rings. The number of nitrogens with one attached hydrogen (secondary N) is 1. The van der Waals surface area contributed by atoms with Gasteiger partial charge in [-0.05, 0) is 19.0 Å². The highest BCUT2D eigenvalue weighted by Gasteiger charge is 2.13. The van der Waals surface area contributed by atoms with Crippen LogP contribution in [0.1, 0.15) is 17.8 Å².